The number of ketones is 1. The molecule has 1 aliphatic heterocycles. The lowest BCUT2D eigenvalue weighted by molar-refractivity contribution is 0.0993. The summed E-state index contributed by atoms with van der Waals surface area (Å²) < 4.78 is 1.92. The molecule has 1 unspecified atom stereocenters. The predicted octanol–water partition coefficient (Wildman–Crippen LogP) is 5.30. The van der Waals surface area contributed by atoms with E-state index in [0.717, 1.165) is 32.2 Å². The second kappa shape index (κ2) is 7.64. The fraction of sp³-hybridized carbons (Fsp3) is 0.263. The van der Waals surface area contributed by atoms with Gasteiger partial charge in [-0.3, -0.25) is 9.79 Å². The van der Waals surface area contributed by atoms with Gasteiger partial charge in [0.15, 0.2) is 11.0 Å². The largest absolute Gasteiger partial charge is 0.379 e. The average molecular weight is 482 g/mol. The van der Waals surface area contributed by atoms with Crippen molar-refractivity contribution in [2.24, 2.45) is 10.7 Å². The number of thioether (sulfide) groups is 1. The molecule has 25 heavy (non-hydrogen) atoms. The first-order valence-corrected chi connectivity index (χ1v) is 10.5. The van der Waals surface area contributed by atoms with E-state index in [4.69, 9.17) is 5.73 Å². The average Bonchev–Trinajstić information content (AvgIpc) is 2.54. The van der Waals surface area contributed by atoms with Crippen LogP contribution in [0.25, 0.3) is 0 Å². The van der Waals surface area contributed by atoms with Gasteiger partial charge in [0, 0.05) is 26.7 Å². The zero-order valence-corrected chi connectivity index (χ0v) is 17.7. The highest BCUT2D eigenvalue weighted by atomic mass is 79.9. The normalized spacial score (nSPS) is 20.2. The number of carbonyl (C=O) groups is 1. The number of hydrogen-bond acceptors (Lipinski definition) is 4. The summed E-state index contributed by atoms with van der Waals surface area (Å²) in [4.78, 5) is 17.2. The van der Waals surface area contributed by atoms with E-state index in [1.165, 1.54) is 0 Å². The molecule has 2 aromatic carbocycles. The number of nitrogens with two attached hydrogens (primary N) is 1. The van der Waals surface area contributed by atoms with Crippen molar-refractivity contribution in [1.29, 1.82) is 0 Å². The Morgan fingerprint density at radius 3 is 2.60 bits per heavy atom. The van der Waals surface area contributed by atoms with E-state index in [0.29, 0.717) is 17.2 Å². The molecule has 0 bridgehead atoms. The number of halogens is 2. The maximum absolute atomic E-state index is 12.6. The van der Waals surface area contributed by atoms with Crippen molar-refractivity contribution >= 4 is 54.6 Å². The molecule has 3 nitrogen and oxygen atoms in total. The Kier molecular flexibility index (Phi) is 5.71. The van der Waals surface area contributed by atoms with Crippen LogP contribution in [0.15, 0.2) is 56.4 Å². The van der Waals surface area contributed by atoms with Gasteiger partial charge in [0.25, 0.3) is 0 Å². The van der Waals surface area contributed by atoms with Gasteiger partial charge < -0.3 is 5.73 Å². The standard InChI is InChI=1S/C19H18Br2N2OS/c1-19(6-7-25-18(22)23-19)14-8-12(9-16(21)11-14)10-17(24)13-2-4-15(20)5-3-13/h2-5,8-9,11H,6-7,10H2,1H3,(H2,22,23). The molecule has 2 aromatic rings. The lowest BCUT2D eigenvalue weighted by Crippen LogP contribution is -2.29. The van der Waals surface area contributed by atoms with Crippen LogP contribution in [0.5, 0.6) is 0 Å². The molecule has 0 aliphatic carbocycles. The summed E-state index contributed by atoms with van der Waals surface area (Å²) >= 11 is 8.56. The van der Waals surface area contributed by atoms with Gasteiger partial charge in [-0.15, -0.1) is 0 Å². The fourth-order valence-electron chi connectivity index (χ4n) is 2.88. The minimum Gasteiger partial charge on any atom is -0.379 e. The Labute approximate surface area is 168 Å². The summed E-state index contributed by atoms with van der Waals surface area (Å²) in [5.74, 6) is 1.05. The van der Waals surface area contributed by atoms with E-state index in [2.05, 4.69) is 55.9 Å². The van der Waals surface area contributed by atoms with Crippen LogP contribution in [-0.2, 0) is 12.0 Å². The highest BCUT2D eigenvalue weighted by Crippen LogP contribution is 2.36. The number of Topliss-reactive ketones (excluding diaryl/α,β-unsaturated/α-hetero) is 1. The maximum Gasteiger partial charge on any atom is 0.167 e. The second-order valence-corrected chi connectivity index (χ2v) is 9.22. The molecule has 0 spiro atoms. The summed E-state index contributed by atoms with van der Waals surface area (Å²) in [6.45, 7) is 2.10. The van der Waals surface area contributed by atoms with E-state index < -0.39 is 0 Å². The van der Waals surface area contributed by atoms with Crippen molar-refractivity contribution in [3.63, 3.8) is 0 Å². The molecule has 0 aromatic heterocycles. The molecular formula is C19H18Br2N2OS. The molecule has 1 atom stereocenters. The fourth-order valence-corrected chi connectivity index (χ4v) is 4.66. The topological polar surface area (TPSA) is 55.5 Å². The third-order valence-electron chi connectivity index (χ3n) is 4.31. The smallest absolute Gasteiger partial charge is 0.167 e. The highest BCUT2D eigenvalue weighted by Gasteiger charge is 2.30. The first kappa shape index (κ1) is 18.7. The monoisotopic (exact) mass is 480 g/mol. The van der Waals surface area contributed by atoms with Crippen LogP contribution >= 0.6 is 43.6 Å². The zero-order chi connectivity index (χ0) is 18.0. The lowest BCUT2D eigenvalue weighted by atomic mass is 9.88. The third kappa shape index (κ3) is 4.54. The first-order chi connectivity index (χ1) is 11.9. The van der Waals surface area contributed by atoms with Crippen molar-refractivity contribution < 1.29 is 4.79 Å². The predicted molar refractivity (Wildman–Crippen MR) is 112 cm³/mol. The molecule has 2 N–H and O–H groups in total. The maximum atomic E-state index is 12.6. The minimum atomic E-state index is -0.339. The SMILES string of the molecule is CC1(c2cc(Br)cc(CC(=O)c3ccc(Br)cc3)c2)CCSC(N)=N1. The number of aliphatic imine (C=N–C) groups is 1. The van der Waals surface area contributed by atoms with Crippen molar-refractivity contribution in [2.45, 2.75) is 25.3 Å². The first-order valence-electron chi connectivity index (χ1n) is 7.92. The van der Waals surface area contributed by atoms with Gasteiger partial charge >= 0.3 is 0 Å². The molecule has 1 aliphatic rings. The Morgan fingerprint density at radius 2 is 1.92 bits per heavy atom. The molecule has 0 radical (unpaired) electrons. The number of amidine groups is 1. The Bertz CT molecular complexity index is 836. The summed E-state index contributed by atoms with van der Waals surface area (Å²) in [6, 6.07) is 13.6. The molecule has 1 heterocycles. The number of rotatable bonds is 4. The molecule has 0 fully saturated rings. The van der Waals surface area contributed by atoms with Gasteiger partial charge in [0.1, 0.15) is 0 Å². The van der Waals surface area contributed by atoms with Gasteiger partial charge in [0.2, 0.25) is 0 Å². The van der Waals surface area contributed by atoms with E-state index in [1.54, 1.807) is 11.8 Å². The van der Waals surface area contributed by atoms with Crippen LogP contribution in [0.3, 0.4) is 0 Å². The van der Waals surface area contributed by atoms with Crippen LogP contribution in [0.1, 0.15) is 34.8 Å². The van der Waals surface area contributed by atoms with Crippen LogP contribution in [-0.4, -0.2) is 16.7 Å². The van der Waals surface area contributed by atoms with Gasteiger partial charge in [-0.05, 0) is 48.7 Å². The molecule has 3 rings (SSSR count). The molecule has 0 saturated heterocycles. The van der Waals surface area contributed by atoms with Crippen LogP contribution in [0.4, 0.5) is 0 Å². The third-order valence-corrected chi connectivity index (χ3v) is 6.09. The molecule has 130 valence electrons. The number of nitrogens with zero attached hydrogens (tertiary/aromatic N) is 1. The zero-order valence-electron chi connectivity index (χ0n) is 13.8. The summed E-state index contributed by atoms with van der Waals surface area (Å²) in [7, 11) is 0. The van der Waals surface area contributed by atoms with E-state index in [-0.39, 0.29) is 11.3 Å². The number of hydrogen-bond donors (Lipinski definition) is 1. The van der Waals surface area contributed by atoms with Gasteiger partial charge in [-0.2, -0.15) is 0 Å². The van der Waals surface area contributed by atoms with Crippen LogP contribution in [0, 0.1) is 0 Å². The Hall–Kier alpha value is -1.11. The van der Waals surface area contributed by atoms with Crippen molar-refractivity contribution in [3.8, 4) is 0 Å². The van der Waals surface area contributed by atoms with Gasteiger partial charge in [-0.25, -0.2) is 0 Å². The lowest BCUT2D eigenvalue weighted by Gasteiger charge is -2.30. The number of benzene rings is 2. The van der Waals surface area contributed by atoms with Crippen molar-refractivity contribution in [1.82, 2.24) is 0 Å². The summed E-state index contributed by atoms with van der Waals surface area (Å²) in [5, 5.41) is 0.626. The van der Waals surface area contributed by atoms with E-state index >= 15 is 0 Å². The van der Waals surface area contributed by atoms with Crippen molar-refractivity contribution in [2.75, 3.05) is 5.75 Å². The molecular weight excluding hydrogens is 464 g/mol. The van der Waals surface area contributed by atoms with Crippen LogP contribution in [0.2, 0.25) is 0 Å². The van der Waals surface area contributed by atoms with Crippen molar-refractivity contribution in [3.05, 3.63) is 68.1 Å². The molecule has 0 amide bonds. The van der Waals surface area contributed by atoms with E-state index in [1.807, 2.05) is 30.3 Å². The Morgan fingerprint density at radius 1 is 1.20 bits per heavy atom. The Balaban J connectivity index is 1.88. The van der Waals surface area contributed by atoms with Crippen LogP contribution < -0.4 is 5.73 Å². The summed E-state index contributed by atoms with van der Waals surface area (Å²) in [6.07, 6.45) is 1.28. The molecule has 6 heteroatoms. The minimum absolute atomic E-state index is 0.101. The van der Waals surface area contributed by atoms with Gasteiger partial charge in [-0.1, -0.05) is 61.8 Å². The summed E-state index contributed by atoms with van der Waals surface area (Å²) in [5.41, 5.74) is 8.38. The van der Waals surface area contributed by atoms with E-state index in [9.17, 15) is 4.79 Å². The van der Waals surface area contributed by atoms with Gasteiger partial charge in [0.05, 0.1) is 5.54 Å². The number of carbonyl (C=O) groups excluding carboxylic acids is 1. The highest BCUT2D eigenvalue weighted by molar-refractivity contribution is 9.10. The molecule has 0 saturated carbocycles. The quantitative estimate of drug-likeness (QED) is 0.602. The second-order valence-electron chi connectivity index (χ2n) is 6.28.